The zero-order valence-electron chi connectivity index (χ0n) is 14.1. The van der Waals surface area contributed by atoms with Crippen LogP contribution in [0.4, 0.5) is 8.78 Å². The highest BCUT2D eigenvalue weighted by atomic mass is 19.2. The summed E-state index contributed by atoms with van der Waals surface area (Å²) in [5.41, 5.74) is 0.910. The molecule has 1 atom stereocenters. The van der Waals surface area contributed by atoms with Crippen molar-refractivity contribution in [3.63, 3.8) is 0 Å². The number of hydrogen-bond donors (Lipinski definition) is 0. The molecule has 4 rings (SSSR count). The van der Waals surface area contributed by atoms with Crippen LogP contribution in [0.15, 0.2) is 49.2 Å². The van der Waals surface area contributed by atoms with Crippen LogP contribution in [0.5, 0.6) is 6.01 Å². The first-order valence-electron chi connectivity index (χ1n) is 8.26. The summed E-state index contributed by atoms with van der Waals surface area (Å²) in [5.74, 6) is -2.43. The molecule has 0 saturated heterocycles. The lowest BCUT2D eigenvalue weighted by Gasteiger charge is -2.34. The van der Waals surface area contributed by atoms with E-state index in [2.05, 4.69) is 15.0 Å². The zero-order valence-corrected chi connectivity index (χ0v) is 14.1. The lowest BCUT2D eigenvalue weighted by molar-refractivity contribution is 0.0643. The molecular weight excluding hydrogens is 356 g/mol. The first kappa shape index (κ1) is 17.1. The Hall–Kier alpha value is -3.36. The maximum atomic E-state index is 13.5. The molecule has 2 aromatic heterocycles. The molecule has 0 radical (unpaired) electrons. The van der Waals surface area contributed by atoms with Gasteiger partial charge in [0.2, 0.25) is 0 Å². The van der Waals surface area contributed by atoms with E-state index in [1.165, 1.54) is 6.07 Å². The molecule has 0 unspecified atom stereocenters. The predicted molar refractivity (Wildman–Crippen MR) is 89.9 cm³/mol. The van der Waals surface area contributed by atoms with Crippen LogP contribution < -0.4 is 4.74 Å². The minimum Gasteiger partial charge on any atom is -0.461 e. The van der Waals surface area contributed by atoms with Crippen molar-refractivity contribution in [2.24, 2.45) is 0 Å². The summed E-state index contributed by atoms with van der Waals surface area (Å²) in [7, 11) is 0. The van der Waals surface area contributed by atoms with Crippen LogP contribution in [0.1, 0.15) is 22.1 Å². The average Bonchev–Trinajstić information content (AvgIpc) is 3.17. The van der Waals surface area contributed by atoms with E-state index in [0.717, 1.165) is 17.8 Å². The van der Waals surface area contributed by atoms with Crippen LogP contribution in [-0.2, 0) is 6.54 Å². The molecule has 0 spiro atoms. The summed E-state index contributed by atoms with van der Waals surface area (Å²) in [6.45, 7) is 0.874. The van der Waals surface area contributed by atoms with Crippen LogP contribution in [0.2, 0.25) is 0 Å². The van der Waals surface area contributed by atoms with E-state index < -0.39 is 11.6 Å². The molecule has 9 heteroatoms. The molecule has 138 valence electrons. The molecule has 0 saturated carbocycles. The minimum absolute atomic E-state index is 0.0907. The number of benzene rings is 1. The van der Waals surface area contributed by atoms with Gasteiger partial charge >= 0.3 is 6.01 Å². The molecule has 0 bridgehead atoms. The first-order chi connectivity index (χ1) is 13.1. The fraction of sp³-hybridized carbons (Fsp3) is 0.222. The van der Waals surface area contributed by atoms with E-state index in [4.69, 9.17) is 4.74 Å². The molecule has 0 fully saturated rings. The van der Waals surface area contributed by atoms with E-state index in [0.29, 0.717) is 13.1 Å². The van der Waals surface area contributed by atoms with E-state index in [-0.39, 0.29) is 30.1 Å². The molecule has 27 heavy (non-hydrogen) atoms. The van der Waals surface area contributed by atoms with Crippen LogP contribution >= 0.6 is 0 Å². The number of hydrogen-bond acceptors (Lipinski definition) is 5. The number of imidazole rings is 1. The van der Waals surface area contributed by atoms with Gasteiger partial charge in [-0.25, -0.2) is 23.7 Å². The lowest BCUT2D eigenvalue weighted by atomic mass is 10.1. The van der Waals surface area contributed by atoms with Gasteiger partial charge in [-0.3, -0.25) is 4.79 Å². The number of fused-ring (bicyclic) bond motifs is 1. The minimum atomic E-state index is -1.05. The summed E-state index contributed by atoms with van der Waals surface area (Å²) >= 11 is 0. The molecule has 1 aromatic carbocycles. The number of carbonyl (C=O) groups excluding carboxylic acids is 1. The van der Waals surface area contributed by atoms with E-state index in [9.17, 15) is 13.6 Å². The highest BCUT2D eigenvalue weighted by Gasteiger charge is 2.29. The van der Waals surface area contributed by atoms with Gasteiger partial charge in [0, 0.05) is 30.7 Å². The van der Waals surface area contributed by atoms with Crippen LogP contribution in [0.3, 0.4) is 0 Å². The molecule has 3 aromatic rings. The summed E-state index contributed by atoms with van der Waals surface area (Å²) < 4.78 is 34.2. The van der Waals surface area contributed by atoms with Gasteiger partial charge in [-0.1, -0.05) is 0 Å². The summed E-state index contributed by atoms with van der Waals surface area (Å²) in [6, 6.07) is 4.84. The number of ether oxygens (including phenoxy) is 1. The number of halogens is 2. The Balaban J connectivity index is 1.53. The highest BCUT2D eigenvalue weighted by molar-refractivity contribution is 5.94. The number of aromatic nitrogens is 4. The Morgan fingerprint density at radius 1 is 1.22 bits per heavy atom. The number of nitrogens with zero attached hydrogens (tertiary/aromatic N) is 5. The zero-order chi connectivity index (χ0) is 18.8. The second-order valence-electron chi connectivity index (χ2n) is 6.10. The van der Waals surface area contributed by atoms with Crippen molar-refractivity contribution in [3.05, 3.63) is 72.1 Å². The summed E-state index contributed by atoms with van der Waals surface area (Å²) in [5, 5.41) is 0. The Kier molecular flexibility index (Phi) is 4.49. The third-order valence-corrected chi connectivity index (χ3v) is 4.32. The molecule has 1 aliphatic heterocycles. The Labute approximate surface area is 153 Å². The highest BCUT2D eigenvalue weighted by Crippen LogP contribution is 2.23. The summed E-state index contributed by atoms with van der Waals surface area (Å²) in [4.78, 5) is 26.5. The number of rotatable bonds is 4. The monoisotopic (exact) mass is 371 g/mol. The quantitative estimate of drug-likeness (QED) is 0.703. The van der Waals surface area contributed by atoms with Crippen LogP contribution in [0, 0.1) is 11.6 Å². The fourth-order valence-corrected chi connectivity index (χ4v) is 3.02. The molecule has 3 heterocycles. The molecule has 0 aliphatic carbocycles. The van der Waals surface area contributed by atoms with Gasteiger partial charge < -0.3 is 14.2 Å². The predicted octanol–water partition coefficient (Wildman–Crippen LogP) is 2.23. The van der Waals surface area contributed by atoms with Crippen LogP contribution in [-0.4, -0.2) is 43.5 Å². The standard InChI is InChI=1S/C18H15F2N5O2/c19-15-3-2-12(6-16(15)20)17(26)24-8-13-7-21-11-25(13)14(9-24)10-27-18-22-4-1-5-23-18/h1-7,11,14H,8-10H2/t14-/m1/s1. The Morgan fingerprint density at radius 2 is 2.04 bits per heavy atom. The van der Waals surface area contributed by atoms with E-state index in [1.807, 2.05) is 4.57 Å². The second kappa shape index (κ2) is 7.10. The van der Waals surface area contributed by atoms with Crippen molar-refractivity contribution in [1.29, 1.82) is 0 Å². The van der Waals surface area contributed by atoms with Crippen LogP contribution in [0.25, 0.3) is 0 Å². The maximum absolute atomic E-state index is 13.5. The van der Waals surface area contributed by atoms with Crippen molar-refractivity contribution >= 4 is 5.91 Å². The third kappa shape index (κ3) is 3.48. The van der Waals surface area contributed by atoms with Gasteiger partial charge in [-0.2, -0.15) is 0 Å². The third-order valence-electron chi connectivity index (χ3n) is 4.32. The van der Waals surface area contributed by atoms with Crippen molar-refractivity contribution in [1.82, 2.24) is 24.4 Å². The number of carbonyl (C=O) groups is 1. The molecule has 1 amide bonds. The normalized spacial score (nSPS) is 16.1. The summed E-state index contributed by atoms with van der Waals surface area (Å²) in [6.07, 6.45) is 6.49. The van der Waals surface area contributed by atoms with Gasteiger partial charge in [0.05, 0.1) is 24.6 Å². The largest absolute Gasteiger partial charge is 0.461 e. The molecular formula is C18H15F2N5O2. The molecule has 7 nitrogen and oxygen atoms in total. The second-order valence-corrected chi connectivity index (χ2v) is 6.10. The average molecular weight is 371 g/mol. The van der Waals surface area contributed by atoms with Crippen molar-refractivity contribution in [3.8, 4) is 6.01 Å². The number of amides is 1. The molecule has 1 aliphatic rings. The van der Waals surface area contributed by atoms with Gasteiger partial charge in [-0.15, -0.1) is 0 Å². The topological polar surface area (TPSA) is 73.1 Å². The van der Waals surface area contributed by atoms with Gasteiger partial charge in [-0.05, 0) is 24.3 Å². The van der Waals surface area contributed by atoms with Gasteiger partial charge in [0.15, 0.2) is 11.6 Å². The van der Waals surface area contributed by atoms with Crippen molar-refractivity contribution in [2.45, 2.75) is 12.6 Å². The Bertz CT molecular complexity index is 963. The van der Waals surface area contributed by atoms with Crippen molar-refractivity contribution < 1.29 is 18.3 Å². The smallest absolute Gasteiger partial charge is 0.316 e. The Morgan fingerprint density at radius 3 is 2.81 bits per heavy atom. The maximum Gasteiger partial charge on any atom is 0.316 e. The van der Waals surface area contributed by atoms with Gasteiger partial charge in [0.25, 0.3) is 5.91 Å². The SMILES string of the molecule is O=C(c1ccc(F)c(F)c1)N1Cc2cncn2[C@@H](COc2ncccn2)C1. The van der Waals surface area contributed by atoms with E-state index >= 15 is 0 Å². The fourth-order valence-electron chi connectivity index (χ4n) is 3.02. The lowest BCUT2D eigenvalue weighted by Crippen LogP contribution is -2.42. The molecule has 0 N–H and O–H groups in total. The first-order valence-corrected chi connectivity index (χ1v) is 8.26. The van der Waals surface area contributed by atoms with Gasteiger partial charge in [0.1, 0.15) is 6.61 Å². The van der Waals surface area contributed by atoms with Crippen molar-refractivity contribution in [2.75, 3.05) is 13.2 Å². The van der Waals surface area contributed by atoms with E-state index in [1.54, 1.807) is 35.9 Å².